The Morgan fingerprint density at radius 2 is 2.15 bits per heavy atom. The zero-order valence-electron chi connectivity index (χ0n) is 12.1. The van der Waals surface area contributed by atoms with Crippen LogP contribution in [0.15, 0.2) is 18.5 Å². The second-order valence-electron chi connectivity index (χ2n) is 4.42. The molecule has 0 aromatic carbocycles. The third-order valence-electron chi connectivity index (χ3n) is 3.04. The predicted octanol–water partition coefficient (Wildman–Crippen LogP) is 1.61. The van der Waals surface area contributed by atoms with E-state index in [0.717, 1.165) is 5.69 Å². The molecular weight excluding hydrogens is 258 g/mol. The first kappa shape index (κ1) is 14.3. The maximum absolute atomic E-state index is 10.6. The molecule has 1 atom stereocenters. The van der Waals surface area contributed by atoms with Crippen molar-refractivity contribution in [2.45, 2.75) is 20.0 Å². The highest BCUT2D eigenvalue weighted by Crippen LogP contribution is 2.32. The van der Waals surface area contributed by atoms with Gasteiger partial charge in [-0.05, 0) is 19.9 Å². The summed E-state index contributed by atoms with van der Waals surface area (Å²) in [6, 6.07) is 1.77. The molecule has 108 valence electrons. The minimum atomic E-state index is -0.855. The molecule has 20 heavy (non-hydrogen) atoms. The number of hydrogen-bond acceptors (Lipinski definition) is 5. The summed E-state index contributed by atoms with van der Waals surface area (Å²) < 4.78 is 12.3. The van der Waals surface area contributed by atoms with Gasteiger partial charge in [0.1, 0.15) is 11.9 Å². The average molecular weight is 277 g/mol. The van der Waals surface area contributed by atoms with E-state index < -0.39 is 6.10 Å². The molecule has 0 saturated carbocycles. The quantitative estimate of drug-likeness (QED) is 0.899. The number of aryl methyl sites for hydroxylation is 2. The van der Waals surface area contributed by atoms with Gasteiger partial charge in [0.15, 0.2) is 0 Å². The molecule has 0 aliphatic rings. The first-order valence-corrected chi connectivity index (χ1v) is 6.41. The smallest absolute Gasteiger partial charge is 0.217 e. The topological polar surface area (TPSA) is 69.4 Å². The predicted molar refractivity (Wildman–Crippen MR) is 74.0 cm³/mol. The van der Waals surface area contributed by atoms with Crippen LogP contribution in [0.3, 0.4) is 0 Å². The van der Waals surface area contributed by atoms with Crippen LogP contribution < -0.4 is 9.47 Å². The standard InChI is InChI=1S/C14H19N3O3/c1-5-20-11-6-10(7-15-8-11)13(18)12-9(2)16-17(3)14(12)19-4/h6-8,13,18H,5H2,1-4H3. The lowest BCUT2D eigenvalue weighted by Crippen LogP contribution is -2.05. The molecule has 2 rings (SSSR count). The summed E-state index contributed by atoms with van der Waals surface area (Å²) >= 11 is 0. The minimum absolute atomic E-state index is 0.539. The van der Waals surface area contributed by atoms with Crippen molar-refractivity contribution in [1.29, 1.82) is 0 Å². The summed E-state index contributed by atoms with van der Waals surface area (Å²) in [6.45, 7) is 4.29. The Kier molecular flexibility index (Phi) is 4.24. The van der Waals surface area contributed by atoms with Crippen LogP contribution in [-0.2, 0) is 7.05 Å². The fourth-order valence-electron chi connectivity index (χ4n) is 2.21. The van der Waals surface area contributed by atoms with Crippen molar-refractivity contribution in [3.63, 3.8) is 0 Å². The summed E-state index contributed by atoms with van der Waals surface area (Å²) in [6.07, 6.45) is 2.37. The molecular formula is C14H19N3O3. The van der Waals surface area contributed by atoms with E-state index >= 15 is 0 Å². The molecule has 0 radical (unpaired) electrons. The number of aromatic nitrogens is 3. The van der Waals surface area contributed by atoms with Gasteiger partial charge in [0, 0.05) is 18.8 Å². The molecule has 1 unspecified atom stereocenters. The van der Waals surface area contributed by atoms with Crippen molar-refractivity contribution in [3.05, 3.63) is 35.3 Å². The molecule has 0 amide bonds. The second kappa shape index (κ2) is 5.92. The largest absolute Gasteiger partial charge is 0.492 e. The lowest BCUT2D eigenvalue weighted by Gasteiger charge is -2.13. The van der Waals surface area contributed by atoms with Crippen LogP contribution in [0.1, 0.15) is 29.8 Å². The number of ether oxygens (including phenoxy) is 2. The van der Waals surface area contributed by atoms with E-state index in [9.17, 15) is 5.11 Å². The van der Waals surface area contributed by atoms with Gasteiger partial charge in [-0.1, -0.05) is 0 Å². The number of aliphatic hydroxyl groups excluding tert-OH is 1. The molecule has 2 aromatic heterocycles. The van der Waals surface area contributed by atoms with Gasteiger partial charge in [-0.15, -0.1) is 0 Å². The fourth-order valence-corrected chi connectivity index (χ4v) is 2.21. The van der Waals surface area contributed by atoms with Gasteiger partial charge in [-0.2, -0.15) is 5.10 Å². The second-order valence-corrected chi connectivity index (χ2v) is 4.42. The van der Waals surface area contributed by atoms with Crippen molar-refractivity contribution in [2.24, 2.45) is 7.05 Å². The van der Waals surface area contributed by atoms with Gasteiger partial charge >= 0.3 is 0 Å². The van der Waals surface area contributed by atoms with E-state index in [4.69, 9.17) is 9.47 Å². The van der Waals surface area contributed by atoms with Gasteiger partial charge in [-0.3, -0.25) is 4.98 Å². The molecule has 0 fully saturated rings. The van der Waals surface area contributed by atoms with Gasteiger partial charge < -0.3 is 14.6 Å². The number of nitrogens with zero attached hydrogens (tertiary/aromatic N) is 3. The maximum Gasteiger partial charge on any atom is 0.217 e. The molecule has 1 N–H and O–H groups in total. The Bertz CT molecular complexity index is 595. The fraction of sp³-hybridized carbons (Fsp3) is 0.429. The number of rotatable bonds is 5. The van der Waals surface area contributed by atoms with E-state index in [1.807, 2.05) is 13.8 Å². The van der Waals surface area contributed by atoms with Crippen LogP contribution in [-0.4, -0.2) is 33.6 Å². The van der Waals surface area contributed by atoms with Crippen LogP contribution in [0.2, 0.25) is 0 Å². The Morgan fingerprint density at radius 1 is 1.40 bits per heavy atom. The summed E-state index contributed by atoms with van der Waals surface area (Å²) in [4.78, 5) is 4.09. The normalized spacial score (nSPS) is 12.2. The SMILES string of the molecule is CCOc1cncc(C(O)c2c(C)nn(C)c2OC)c1. The molecule has 0 aliphatic heterocycles. The molecule has 6 nitrogen and oxygen atoms in total. The Hall–Kier alpha value is -2.08. The highest BCUT2D eigenvalue weighted by molar-refractivity contribution is 5.40. The van der Waals surface area contributed by atoms with E-state index in [-0.39, 0.29) is 0 Å². The number of pyridine rings is 1. The lowest BCUT2D eigenvalue weighted by molar-refractivity contribution is 0.211. The summed E-state index contributed by atoms with van der Waals surface area (Å²) in [5.41, 5.74) is 2.01. The third kappa shape index (κ3) is 2.60. The van der Waals surface area contributed by atoms with Crippen molar-refractivity contribution >= 4 is 0 Å². The van der Waals surface area contributed by atoms with E-state index in [2.05, 4.69) is 10.1 Å². The molecule has 0 spiro atoms. The van der Waals surface area contributed by atoms with Crippen molar-refractivity contribution in [3.8, 4) is 11.6 Å². The van der Waals surface area contributed by atoms with Crippen LogP contribution in [0.5, 0.6) is 11.6 Å². The number of aliphatic hydroxyl groups is 1. The number of methoxy groups -OCH3 is 1. The van der Waals surface area contributed by atoms with Gasteiger partial charge in [0.2, 0.25) is 5.88 Å². The van der Waals surface area contributed by atoms with E-state index in [1.54, 1.807) is 37.3 Å². The van der Waals surface area contributed by atoms with Crippen molar-refractivity contribution < 1.29 is 14.6 Å². The van der Waals surface area contributed by atoms with Crippen LogP contribution in [0.4, 0.5) is 0 Å². The molecule has 0 bridgehead atoms. The van der Waals surface area contributed by atoms with E-state index in [1.165, 1.54) is 0 Å². The van der Waals surface area contributed by atoms with Gasteiger partial charge in [0.05, 0.1) is 31.2 Å². The monoisotopic (exact) mass is 277 g/mol. The molecule has 0 aliphatic carbocycles. The van der Waals surface area contributed by atoms with E-state index in [0.29, 0.717) is 29.4 Å². The molecule has 2 heterocycles. The van der Waals surface area contributed by atoms with Gasteiger partial charge in [0.25, 0.3) is 0 Å². The molecule has 2 aromatic rings. The zero-order valence-corrected chi connectivity index (χ0v) is 12.1. The Morgan fingerprint density at radius 3 is 2.80 bits per heavy atom. The lowest BCUT2D eigenvalue weighted by atomic mass is 10.0. The third-order valence-corrected chi connectivity index (χ3v) is 3.04. The first-order valence-electron chi connectivity index (χ1n) is 6.41. The minimum Gasteiger partial charge on any atom is -0.492 e. The summed E-state index contributed by atoms with van der Waals surface area (Å²) in [5, 5.41) is 14.8. The Labute approximate surface area is 118 Å². The Balaban J connectivity index is 2.40. The summed E-state index contributed by atoms with van der Waals surface area (Å²) in [5.74, 6) is 1.17. The van der Waals surface area contributed by atoms with Gasteiger partial charge in [-0.25, -0.2) is 4.68 Å². The van der Waals surface area contributed by atoms with Crippen LogP contribution in [0, 0.1) is 6.92 Å². The highest BCUT2D eigenvalue weighted by Gasteiger charge is 2.23. The van der Waals surface area contributed by atoms with Crippen molar-refractivity contribution in [2.75, 3.05) is 13.7 Å². The number of hydrogen-bond donors (Lipinski definition) is 1. The van der Waals surface area contributed by atoms with Crippen molar-refractivity contribution in [1.82, 2.24) is 14.8 Å². The molecule has 0 saturated heterocycles. The van der Waals surface area contributed by atoms with Crippen LogP contribution >= 0.6 is 0 Å². The van der Waals surface area contributed by atoms with Crippen LogP contribution in [0.25, 0.3) is 0 Å². The highest BCUT2D eigenvalue weighted by atomic mass is 16.5. The average Bonchev–Trinajstić information content (AvgIpc) is 2.72. The zero-order chi connectivity index (χ0) is 14.7. The summed E-state index contributed by atoms with van der Waals surface area (Å²) in [7, 11) is 3.33. The molecule has 6 heteroatoms. The first-order chi connectivity index (χ1) is 9.58. The maximum atomic E-state index is 10.6.